The summed E-state index contributed by atoms with van der Waals surface area (Å²) >= 11 is 0. The van der Waals surface area contributed by atoms with E-state index in [-0.39, 0.29) is 0 Å². The minimum atomic E-state index is 1.07. The molecule has 0 spiro atoms. The average Bonchev–Trinajstić information content (AvgIpc) is 2.69. The molecule has 0 aliphatic carbocycles. The van der Waals surface area contributed by atoms with E-state index in [1.165, 1.54) is 44.6 Å². The van der Waals surface area contributed by atoms with Gasteiger partial charge in [0.25, 0.3) is 0 Å². The number of aryl methyl sites for hydroxylation is 5. The Morgan fingerprint density at radius 2 is 1.45 bits per heavy atom. The first-order valence-corrected chi connectivity index (χ1v) is 10.1. The molecular weight excluding hydrogens is 352 g/mol. The smallest absolute Gasteiger partial charge is 0.214 e. The highest BCUT2D eigenvalue weighted by Gasteiger charge is 2.19. The van der Waals surface area contributed by atoms with Crippen LogP contribution in [0.3, 0.4) is 0 Å². The first-order valence-electron chi connectivity index (χ1n) is 10.1. The molecule has 144 valence electrons. The lowest BCUT2D eigenvalue weighted by Crippen LogP contribution is -2.31. The van der Waals surface area contributed by atoms with E-state index in [2.05, 4.69) is 117 Å². The van der Waals surface area contributed by atoms with Gasteiger partial charge in [-0.2, -0.15) is 0 Å². The first-order chi connectivity index (χ1) is 14.0. The van der Waals surface area contributed by atoms with Gasteiger partial charge in [0.15, 0.2) is 6.20 Å². The van der Waals surface area contributed by atoms with Crippen molar-refractivity contribution in [3.8, 4) is 33.5 Å². The Kier molecular flexibility index (Phi) is 5.02. The zero-order valence-corrected chi connectivity index (χ0v) is 17.8. The molecule has 0 aliphatic heterocycles. The monoisotopic (exact) mass is 379 g/mol. The van der Waals surface area contributed by atoms with Crippen molar-refractivity contribution in [3.05, 3.63) is 95.4 Å². The number of rotatable bonds is 3. The number of aromatic nitrogens is 2. The van der Waals surface area contributed by atoms with Gasteiger partial charge < -0.3 is 0 Å². The van der Waals surface area contributed by atoms with Crippen molar-refractivity contribution in [2.45, 2.75) is 27.7 Å². The van der Waals surface area contributed by atoms with Crippen LogP contribution >= 0.6 is 0 Å². The van der Waals surface area contributed by atoms with Crippen LogP contribution in [0.25, 0.3) is 33.5 Å². The summed E-state index contributed by atoms with van der Waals surface area (Å²) in [6.45, 7) is 8.50. The van der Waals surface area contributed by atoms with E-state index in [0.29, 0.717) is 0 Å². The molecule has 4 rings (SSSR count). The van der Waals surface area contributed by atoms with Gasteiger partial charge in [0, 0.05) is 17.3 Å². The summed E-state index contributed by atoms with van der Waals surface area (Å²) in [5, 5.41) is 0. The number of nitrogens with zero attached hydrogens (tertiary/aromatic N) is 2. The van der Waals surface area contributed by atoms with Crippen LogP contribution in [0, 0.1) is 27.7 Å². The van der Waals surface area contributed by atoms with Crippen LogP contribution in [0.5, 0.6) is 0 Å². The van der Waals surface area contributed by atoms with Gasteiger partial charge in [0.05, 0.1) is 11.3 Å². The van der Waals surface area contributed by atoms with Crippen molar-refractivity contribution in [2.24, 2.45) is 7.05 Å². The summed E-state index contributed by atoms with van der Waals surface area (Å²) in [7, 11) is 2.12. The molecule has 0 radical (unpaired) electrons. The van der Waals surface area contributed by atoms with Gasteiger partial charge in [-0.3, -0.25) is 4.98 Å². The third-order valence-electron chi connectivity index (χ3n) is 5.56. The molecule has 2 nitrogen and oxygen atoms in total. The lowest BCUT2D eigenvalue weighted by Gasteiger charge is -2.14. The van der Waals surface area contributed by atoms with Gasteiger partial charge in [-0.05, 0) is 67.6 Å². The van der Waals surface area contributed by atoms with E-state index in [4.69, 9.17) is 0 Å². The van der Waals surface area contributed by atoms with E-state index < -0.39 is 0 Å². The van der Waals surface area contributed by atoms with Gasteiger partial charge in [-0.1, -0.05) is 48.5 Å². The van der Waals surface area contributed by atoms with Crippen LogP contribution < -0.4 is 4.57 Å². The van der Waals surface area contributed by atoms with E-state index >= 15 is 0 Å². The Morgan fingerprint density at radius 3 is 2.14 bits per heavy atom. The molecule has 0 aliphatic rings. The fraction of sp³-hybridized carbons (Fsp3) is 0.185. The predicted molar refractivity (Wildman–Crippen MR) is 121 cm³/mol. The van der Waals surface area contributed by atoms with Gasteiger partial charge in [-0.25, -0.2) is 4.57 Å². The molecule has 0 fully saturated rings. The molecule has 0 N–H and O–H groups in total. The van der Waals surface area contributed by atoms with Crippen molar-refractivity contribution < 1.29 is 4.57 Å². The number of benzene rings is 2. The maximum atomic E-state index is 4.69. The van der Waals surface area contributed by atoms with Crippen molar-refractivity contribution in [2.75, 3.05) is 0 Å². The van der Waals surface area contributed by atoms with Gasteiger partial charge in [0.2, 0.25) is 5.69 Å². The third-order valence-corrected chi connectivity index (χ3v) is 5.56. The Morgan fingerprint density at radius 1 is 0.690 bits per heavy atom. The Hall–Kier alpha value is -3.26. The van der Waals surface area contributed by atoms with E-state index in [1.54, 1.807) is 0 Å². The molecule has 0 atom stereocenters. The summed E-state index contributed by atoms with van der Waals surface area (Å²) in [5.74, 6) is 0. The molecule has 2 aromatic carbocycles. The SMILES string of the molecule is Cc1cc(C)c(-c2ccc(-c3c(C)cccc3-c3ccccc3)c[n+]2C)c(C)n1. The molecule has 4 aromatic rings. The first kappa shape index (κ1) is 19.1. The molecule has 29 heavy (non-hydrogen) atoms. The van der Waals surface area contributed by atoms with Crippen LogP contribution in [0.15, 0.2) is 72.9 Å². The fourth-order valence-corrected chi connectivity index (χ4v) is 4.34. The quantitative estimate of drug-likeness (QED) is 0.391. The highest BCUT2D eigenvalue weighted by atomic mass is 14.9. The number of hydrogen-bond donors (Lipinski definition) is 0. The molecule has 0 amide bonds. The minimum Gasteiger partial charge on any atom is -0.258 e. The Labute approximate surface area is 173 Å². The number of pyridine rings is 2. The Bertz CT molecular complexity index is 1170. The van der Waals surface area contributed by atoms with Crippen LogP contribution in [-0.4, -0.2) is 4.98 Å². The standard InChI is InChI=1S/C27H27N2/c1-18-10-9-13-24(22-11-7-6-8-12-22)27(18)23-14-15-25(29(5)17-23)26-19(2)16-20(3)28-21(26)4/h6-17H,1-5H3/q+1. The summed E-state index contributed by atoms with van der Waals surface area (Å²) in [6.07, 6.45) is 2.24. The fourth-order valence-electron chi connectivity index (χ4n) is 4.34. The van der Waals surface area contributed by atoms with Crippen LogP contribution in [0.1, 0.15) is 22.5 Å². The predicted octanol–water partition coefficient (Wildman–Crippen LogP) is 6.14. The molecular formula is C27H27N2+. The minimum absolute atomic E-state index is 1.07. The second-order valence-corrected chi connectivity index (χ2v) is 7.82. The van der Waals surface area contributed by atoms with Crippen LogP contribution in [0.2, 0.25) is 0 Å². The summed E-state index contributed by atoms with van der Waals surface area (Å²) in [5.41, 5.74) is 12.1. The topological polar surface area (TPSA) is 16.8 Å². The molecule has 2 aromatic heterocycles. The van der Waals surface area contributed by atoms with Gasteiger partial charge >= 0.3 is 0 Å². The summed E-state index contributed by atoms with van der Waals surface area (Å²) < 4.78 is 2.23. The second kappa shape index (κ2) is 7.63. The molecule has 2 heterocycles. The molecule has 0 unspecified atom stereocenters. The van der Waals surface area contributed by atoms with Crippen molar-refractivity contribution >= 4 is 0 Å². The summed E-state index contributed by atoms with van der Waals surface area (Å²) in [4.78, 5) is 4.69. The highest BCUT2D eigenvalue weighted by Crippen LogP contribution is 2.35. The lowest BCUT2D eigenvalue weighted by atomic mass is 9.91. The maximum absolute atomic E-state index is 4.69. The third kappa shape index (κ3) is 3.58. The van der Waals surface area contributed by atoms with Crippen molar-refractivity contribution in [3.63, 3.8) is 0 Å². The largest absolute Gasteiger partial charge is 0.258 e. The maximum Gasteiger partial charge on any atom is 0.214 e. The zero-order valence-electron chi connectivity index (χ0n) is 17.8. The van der Waals surface area contributed by atoms with E-state index in [9.17, 15) is 0 Å². The van der Waals surface area contributed by atoms with Gasteiger partial charge in [-0.15, -0.1) is 0 Å². The lowest BCUT2D eigenvalue weighted by molar-refractivity contribution is -0.659. The second-order valence-electron chi connectivity index (χ2n) is 7.82. The van der Waals surface area contributed by atoms with Crippen molar-refractivity contribution in [1.29, 1.82) is 0 Å². The van der Waals surface area contributed by atoms with Gasteiger partial charge in [0.1, 0.15) is 7.05 Å². The van der Waals surface area contributed by atoms with E-state index in [0.717, 1.165) is 11.4 Å². The summed E-state index contributed by atoms with van der Waals surface area (Å²) in [6, 6.07) is 23.8. The van der Waals surface area contributed by atoms with E-state index in [1.807, 2.05) is 0 Å². The number of hydrogen-bond acceptors (Lipinski definition) is 1. The molecule has 2 heteroatoms. The van der Waals surface area contributed by atoms with Crippen molar-refractivity contribution in [1.82, 2.24) is 4.98 Å². The Balaban J connectivity index is 1.87. The molecule has 0 bridgehead atoms. The molecule has 0 saturated heterocycles. The van der Waals surface area contributed by atoms with Crippen LogP contribution in [-0.2, 0) is 7.05 Å². The molecule has 0 saturated carbocycles. The normalized spacial score (nSPS) is 10.9. The van der Waals surface area contributed by atoms with Crippen LogP contribution in [0.4, 0.5) is 0 Å². The average molecular weight is 380 g/mol. The zero-order chi connectivity index (χ0) is 20.5. The highest BCUT2D eigenvalue weighted by molar-refractivity contribution is 5.85.